The number of fused-ring (bicyclic) bond motifs is 1. The zero-order valence-electron chi connectivity index (χ0n) is 23.1. The summed E-state index contributed by atoms with van der Waals surface area (Å²) in [7, 11) is 0. The normalized spacial score (nSPS) is 15.1. The van der Waals surface area contributed by atoms with Crippen molar-refractivity contribution in [1.82, 2.24) is 4.57 Å². The van der Waals surface area contributed by atoms with Crippen LogP contribution in [0, 0.1) is 16.0 Å². The standard InChI is InChI=1S/C30H33N3O6S/c1-5-6-7-15-38-24-13-11-22(12-14-24)27-26(29(35)39-18-19(2)3)20(4)31-30-32(27)28(34)25(40-30)17-21-9-8-10-23(16-21)33(36)37/h8-14,16-17,19,27H,5-7,15,18H2,1-4H3. The van der Waals surface area contributed by atoms with E-state index in [1.54, 1.807) is 25.1 Å². The third-order valence-corrected chi connectivity index (χ3v) is 7.36. The number of carbonyl (C=O) groups excluding carboxylic acids is 1. The van der Waals surface area contributed by atoms with Gasteiger partial charge in [-0.1, -0.05) is 69.2 Å². The first-order valence-electron chi connectivity index (χ1n) is 13.4. The molecule has 0 bridgehead atoms. The highest BCUT2D eigenvalue weighted by Crippen LogP contribution is 2.32. The van der Waals surface area contributed by atoms with Crippen molar-refractivity contribution < 1.29 is 19.2 Å². The minimum Gasteiger partial charge on any atom is -0.494 e. The Hall–Kier alpha value is -4.05. The van der Waals surface area contributed by atoms with Gasteiger partial charge in [-0.2, -0.15) is 0 Å². The molecule has 0 amide bonds. The molecule has 1 atom stereocenters. The summed E-state index contributed by atoms with van der Waals surface area (Å²) in [6.07, 6.45) is 4.77. The van der Waals surface area contributed by atoms with Crippen molar-refractivity contribution in [3.63, 3.8) is 0 Å². The van der Waals surface area contributed by atoms with Gasteiger partial charge >= 0.3 is 5.97 Å². The van der Waals surface area contributed by atoms with Crippen molar-refractivity contribution in [1.29, 1.82) is 0 Å². The fourth-order valence-electron chi connectivity index (χ4n) is 4.39. The Bertz CT molecular complexity index is 1600. The van der Waals surface area contributed by atoms with Gasteiger partial charge in [-0.05, 0) is 48.6 Å². The zero-order valence-corrected chi connectivity index (χ0v) is 23.9. The van der Waals surface area contributed by atoms with E-state index in [4.69, 9.17) is 9.47 Å². The second kappa shape index (κ2) is 12.9. The lowest BCUT2D eigenvalue weighted by atomic mass is 9.96. The van der Waals surface area contributed by atoms with Crippen LogP contribution in [0.5, 0.6) is 5.75 Å². The van der Waals surface area contributed by atoms with Crippen LogP contribution in [0.25, 0.3) is 6.08 Å². The number of hydrogen-bond donors (Lipinski definition) is 0. The molecule has 40 heavy (non-hydrogen) atoms. The maximum atomic E-state index is 13.8. The Balaban J connectivity index is 1.79. The van der Waals surface area contributed by atoms with Gasteiger partial charge in [0.15, 0.2) is 4.80 Å². The molecular weight excluding hydrogens is 530 g/mol. The number of benzene rings is 2. The number of nitrogens with zero attached hydrogens (tertiary/aromatic N) is 3. The molecule has 0 spiro atoms. The molecule has 9 nitrogen and oxygen atoms in total. The predicted octanol–water partition coefficient (Wildman–Crippen LogP) is 4.91. The van der Waals surface area contributed by atoms with Crippen LogP contribution in [0.15, 0.2) is 69.6 Å². The molecule has 1 aromatic heterocycles. The fourth-order valence-corrected chi connectivity index (χ4v) is 5.43. The van der Waals surface area contributed by atoms with E-state index in [0.29, 0.717) is 38.5 Å². The van der Waals surface area contributed by atoms with Crippen LogP contribution in [-0.4, -0.2) is 28.7 Å². The summed E-state index contributed by atoms with van der Waals surface area (Å²) in [6.45, 7) is 8.64. The lowest BCUT2D eigenvalue weighted by molar-refractivity contribution is -0.384. The number of ether oxygens (including phenoxy) is 2. The number of nitro benzene ring substituents is 1. The molecule has 3 aromatic rings. The summed E-state index contributed by atoms with van der Waals surface area (Å²) in [5, 5.41) is 11.2. The van der Waals surface area contributed by atoms with Crippen molar-refractivity contribution in [3.8, 4) is 5.75 Å². The lowest BCUT2D eigenvalue weighted by Crippen LogP contribution is -2.40. The highest BCUT2D eigenvalue weighted by Gasteiger charge is 2.33. The van der Waals surface area contributed by atoms with E-state index < -0.39 is 16.9 Å². The second-order valence-corrected chi connectivity index (χ2v) is 11.1. The maximum Gasteiger partial charge on any atom is 0.338 e. The summed E-state index contributed by atoms with van der Waals surface area (Å²) in [5.74, 6) is 0.332. The first-order chi connectivity index (χ1) is 19.2. The number of aromatic nitrogens is 1. The summed E-state index contributed by atoms with van der Waals surface area (Å²) in [4.78, 5) is 42.9. The van der Waals surface area contributed by atoms with Crippen LogP contribution in [0.3, 0.4) is 0 Å². The largest absolute Gasteiger partial charge is 0.494 e. The molecule has 0 saturated carbocycles. The molecule has 0 saturated heterocycles. The Morgan fingerprint density at radius 1 is 1.20 bits per heavy atom. The third kappa shape index (κ3) is 6.56. The van der Waals surface area contributed by atoms with E-state index in [9.17, 15) is 19.7 Å². The minimum absolute atomic E-state index is 0.0672. The number of esters is 1. The van der Waals surface area contributed by atoms with Crippen LogP contribution in [0.2, 0.25) is 0 Å². The molecular formula is C30H33N3O6S. The number of non-ortho nitro benzene ring substituents is 1. The van der Waals surface area contributed by atoms with Crippen LogP contribution in [0.4, 0.5) is 5.69 Å². The highest BCUT2D eigenvalue weighted by atomic mass is 32.1. The number of carbonyl (C=O) groups is 1. The lowest BCUT2D eigenvalue weighted by Gasteiger charge is -2.25. The van der Waals surface area contributed by atoms with Crippen LogP contribution < -0.4 is 19.6 Å². The maximum absolute atomic E-state index is 13.8. The molecule has 4 rings (SSSR count). The molecule has 0 N–H and O–H groups in total. The Morgan fingerprint density at radius 2 is 1.95 bits per heavy atom. The van der Waals surface area contributed by atoms with Crippen LogP contribution in [0.1, 0.15) is 64.1 Å². The molecule has 0 aliphatic carbocycles. The van der Waals surface area contributed by atoms with E-state index in [2.05, 4.69) is 11.9 Å². The average molecular weight is 564 g/mol. The van der Waals surface area contributed by atoms with Crippen LogP contribution in [-0.2, 0) is 9.53 Å². The highest BCUT2D eigenvalue weighted by molar-refractivity contribution is 7.07. The van der Waals surface area contributed by atoms with Crippen molar-refractivity contribution in [2.24, 2.45) is 10.9 Å². The van der Waals surface area contributed by atoms with E-state index in [-0.39, 0.29) is 23.8 Å². The van der Waals surface area contributed by atoms with Crippen LogP contribution >= 0.6 is 11.3 Å². The monoisotopic (exact) mass is 563 g/mol. The Labute approximate surface area is 236 Å². The molecule has 0 fully saturated rings. The van der Waals surface area contributed by atoms with Gasteiger partial charge in [0.25, 0.3) is 11.2 Å². The van der Waals surface area contributed by atoms with E-state index >= 15 is 0 Å². The molecule has 1 aliphatic heterocycles. The van der Waals surface area contributed by atoms with Gasteiger partial charge in [0.2, 0.25) is 0 Å². The van der Waals surface area contributed by atoms with Crippen molar-refractivity contribution >= 4 is 29.1 Å². The third-order valence-electron chi connectivity index (χ3n) is 6.38. The van der Waals surface area contributed by atoms with Gasteiger partial charge < -0.3 is 9.47 Å². The minimum atomic E-state index is -0.752. The van der Waals surface area contributed by atoms with Gasteiger partial charge in [0, 0.05) is 12.1 Å². The summed E-state index contributed by atoms with van der Waals surface area (Å²) < 4.78 is 13.3. The van der Waals surface area contributed by atoms with Crippen molar-refractivity contribution in [2.45, 2.75) is 53.0 Å². The van der Waals surface area contributed by atoms with Gasteiger partial charge in [-0.15, -0.1) is 0 Å². The Kier molecular flexibility index (Phi) is 9.31. The first-order valence-corrected chi connectivity index (χ1v) is 14.2. The number of allylic oxidation sites excluding steroid dienone is 1. The van der Waals surface area contributed by atoms with E-state index in [1.165, 1.54) is 28.0 Å². The van der Waals surface area contributed by atoms with Gasteiger partial charge in [-0.25, -0.2) is 9.79 Å². The SMILES string of the molecule is CCCCCOc1ccc(C2C(C(=O)OCC(C)C)=C(C)N=c3sc(=Cc4cccc([N+](=O)[O-])c4)c(=O)n32)cc1. The predicted molar refractivity (Wildman–Crippen MR) is 154 cm³/mol. The summed E-state index contributed by atoms with van der Waals surface area (Å²) in [6, 6.07) is 12.7. The summed E-state index contributed by atoms with van der Waals surface area (Å²) in [5.41, 5.74) is 1.60. The zero-order chi connectivity index (χ0) is 28.8. The van der Waals surface area contributed by atoms with Gasteiger partial charge in [-0.3, -0.25) is 19.5 Å². The van der Waals surface area contributed by atoms with Crippen molar-refractivity contribution in [3.05, 3.63) is 101 Å². The Morgan fingerprint density at radius 3 is 2.62 bits per heavy atom. The molecule has 2 aromatic carbocycles. The smallest absolute Gasteiger partial charge is 0.338 e. The molecule has 10 heteroatoms. The fraction of sp³-hybridized carbons (Fsp3) is 0.367. The summed E-state index contributed by atoms with van der Waals surface area (Å²) >= 11 is 1.17. The van der Waals surface area contributed by atoms with E-state index in [0.717, 1.165) is 24.8 Å². The van der Waals surface area contributed by atoms with Gasteiger partial charge in [0.05, 0.1) is 40.0 Å². The second-order valence-electron chi connectivity index (χ2n) is 10.1. The number of nitro groups is 1. The van der Waals surface area contributed by atoms with E-state index in [1.807, 2.05) is 38.1 Å². The quantitative estimate of drug-likeness (QED) is 0.142. The number of rotatable bonds is 11. The number of unbranched alkanes of at least 4 members (excludes halogenated alkanes) is 2. The van der Waals surface area contributed by atoms with Crippen molar-refractivity contribution in [2.75, 3.05) is 13.2 Å². The molecule has 0 radical (unpaired) electrons. The topological polar surface area (TPSA) is 113 Å². The molecule has 210 valence electrons. The first kappa shape index (κ1) is 28.9. The average Bonchev–Trinajstić information content (AvgIpc) is 3.23. The van der Waals surface area contributed by atoms with Gasteiger partial charge in [0.1, 0.15) is 5.75 Å². The number of thiazole rings is 1. The molecule has 1 unspecified atom stereocenters. The molecule has 2 heterocycles. The molecule has 1 aliphatic rings. The number of hydrogen-bond acceptors (Lipinski definition) is 8.